The molecule has 0 radical (unpaired) electrons. The van der Waals surface area contributed by atoms with Gasteiger partial charge in [0.25, 0.3) is 5.91 Å². The molecule has 2 amide bonds. The molecule has 1 N–H and O–H groups in total. The van der Waals surface area contributed by atoms with Gasteiger partial charge < -0.3 is 10.1 Å². The maximum absolute atomic E-state index is 13.9. The van der Waals surface area contributed by atoms with E-state index in [1.807, 2.05) is 60.7 Å². The third-order valence-corrected chi connectivity index (χ3v) is 9.01. The van der Waals surface area contributed by atoms with Crippen LogP contribution in [0.25, 0.3) is 0 Å². The summed E-state index contributed by atoms with van der Waals surface area (Å²) in [6.07, 6.45) is -0.664. The lowest BCUT2D eigenvalue weighted by Crippen LogP contribution is -2.70. The van der Waals surface area contributed by atoms with E-state index in [1.54, 1.807) is 11.7 Å². The van der Waals surface area contributed by atoms with Gasteiger partial charge in [-0.2, -0.15) is 0 Å². The number of carbonyl (C=O) groups is 3. The quantitative estimate of drug-likeness (QED) is 0.168. The molecule has 2 aliphatic rings. The number of halogens is 1. The Balaban J connectivity index is 1.47. The van der Waals surface area contributed by atoms with Crippen LogP contribution in [-0.4, -0.2) is 71.1 Å². The smallest absolute Gasteiger partial charge is 0.356 e. The molecule has 0 unspecified atom stereocenters. The average molecular weight is 616 g/mol. The summed E-state index contributed by atoms with van der Waals surface area (Å²) in [6, 6.07) is 18.2. The Morgan fingerprint density at radius 1 is 1.16 bits per heavy atom. The lowest BCUT2D eigenvalue weighted by Gasteiger charge is -2.49. The minimum Gasteiger partial charge on any atom is -0.448 e. The molecule has 2 aromatic carbocycles. The van der Waals surface area contributed by atoms with Gasteiger partial charge in [-0.05, 0) is 27.1 Å². The molecule has 1 fully saturated rings. The number of alkyl halides is 1. The maximum atomic E-state index is 13.9. The van der Waals surface area contributed by atoms with E-state index in [0.29, 0.717) is 16.7 Å². The van der Waals surface area contributed by atoms with E-state index in [-0.39, 0.29) is 22.8 Å². The van der Waals surface area contributed by atoms with Crippen LogP contribution in [0.3, 0.4) is 0 Å². The molecule has 2 atom stereocenters. The number of nitrogens with zero attached hydrogens (tertiary/aromatic N) is 5. The van der Waals surface area contributed by atoms with Crippen LogP contribution in [0.1, 0.15) is 17.2 Å². The second-order valence-electron chi connectivity index (χ2n) is 8.52. The molecule has 38 heavy (non-hydrogen) atoms. The van der Waals surface area contributed by atoms with E-state index < -0.39 is 23.5 Å². The van der Waals surface area contributed by atoms with Gasteiger partial charge in [0.2, 0.25) is 11.1 Å². The Labute approximate surface area is 235 Å². The summed E-state index contributed by atoms with van der Waals surface area (Å²) in [5.74, 6) is -0.359. The molecule has 0 saturated carbocycles. The van der Waals surface area contributed by atoms with Crippen LogP contribution in [-0.2, 0) is 26.2 Å². The summed E-state index contributed by atoms with van der Waals surface area (Å²) in [5.41, 5.74) is 2.58. The van der Waals surface area contributed by atoms with Crippen molar-refractivity contribution in [2.75, 3.05) is 16.8 Å². The van der Waals surface area contributed by atoms with Gasteiger partial charge in [0, 0.05) is 18.6 Å². The van der Waals surface area contributed by atoms with Crippen LogP contribution >= 0.6 is 39.5 Å². The van der Waals surface area contributed by atoms with Crippen molar-refractivity contribution in [2.45, 2.75) is 22.7 Å². The molecule has 3 heterocycles. The fourth-order valence-electron chi connectivity index (χ4n) is 4.24. The van der Waals surface area contributed by atoms with E-state index >= 15 is 0 Å². The number of carbonyl (C=O) groups excluding carboxylic acids is 3. The van der Waals surface area contributed by atoms with Crippen molar-refractivity contribution in [2.24, 2.45) is 7.05 Å². The number of hydrogen-bond donors (Lipinski definition) is 1. The molecule has 1 aromatic heterocycles. The Hall–Kier alpha value is -3.16. The highest BCUT2D eigenvalue weighted by Gasteiger charge is 2.54. The van der Waals surface area contributed by atoms with Gasteiger partial charge in [0.15, 0.2) is 6.10 Å². The number of aromatic nitrogens is 4. The molecule has 13 heteroatoms. The van der Waals surface area contributed by atoms with Gasteiger partial charge >= 0.3 is 5.97 Å². The topological polar surface area (TPSA) is 119 Å². The lowest BCUT2D eigenvalue weighted by atomic mass is 10.0. The molecule has 0 aliphatic carbocycles. The lowest BCUT2D eigenvalue weighted by molar-refractivity contribution is -0.154. The van der Waals surface area contributed by atoms with Crippen LogP contribution in [0, 0.1) is 0 Å². The monoisotopic (exact) mass is 614 g/mol. The SMILES string of the molecule is Cn1nnnc1SCC1=C(C(=O)OC(c2ccccc2)c2ccccc2)N2C(=O)[C@@H](NC(=O)CBr)[C@H]2SC1. The van der Waals surface area contributed by atoms with Crippen LogP contribution in [0.4, 0.5) is 0 Å². The molecular weight excluding hydrogens is 592 g/mol. The predicted molar refractivity (Wildman–Crippen MR) is 146 cm³/mol. The van der Waals surface area contributed by atoms with Gasteiger partial charge in [-0.25, -0.2) is 9.48 Å². The first-order chi connectivity index (χ1) is 18.5. The number of benzene rings is 2. The summed E-state index contributed by atoms with van der Waals surface area (Å²) in [6.45, 7) is 0. The van der Waals surface area contributed by atoms with E-state index in [4.69, 9.17) is 4.74 Å². The Morgan fingerprint density at radius 3 is 2.39 bits per heavy atom. The number of amides is 2. The predicted octanol–water partition coefficient (Wildman–Crippen LogP) is 2.68. The summed E-state index contributed by atoms with van der Waals surface area (Å²) in [5, 5.41) is 14.5. The van der Waals surface area contributed by atoms with Crippen LogP contribution < -0.4 is 5.32 Å². The molecule has 5 rings (SSSR count). The number of fused-ring (bicyclic) bond motifs is 1. The number of ether oxygens (including phenoxy) is 1. The Kier molecular flexibility index (Phi) is 8.15. The number of tetrazole rings is 1. The molecule has 0 bridgehead atoms. The molecule has 10 nitrogen and oxygen atoms in total. The molecule has 2 aliphatic heterocycles. The number of thioether (sulfide) groups is 2. The van der Waals surface area contributed by atoms with Crippen molar-refractivity contribution in [3.63, 3.8) is 0 Å². The summed E-state index contributed by atoms with van der Waals surface area (Å²) in [4.78, 5) is 40.5. The summed E-state index contributed by atoms with van der Waals surface area (Å²) in [7, 11) is 1.73. The Morgan fingerprint density at radius 2 is 1.82 bits per heavy atom. The highest BCUT2D eigenvalue weighted by Crippen LogP contribution is 2.42. The minimum absolute atomic E-state index is 0.0857. The van der Waals surface area contributed by atoms with Crippen molar-refractivity contribution in [3.8, 4) is 0 Å². The molecule has 1 saturated heterocycles. The van der Waals surface area contributed by atoms with Crippen LogP contribution in [0.2, 0.25) is 0 Å². The number of hydrogen-bond acceptors (Lipinski definition) is 9. The summed E-state index contributed by atoms with van der Waals surface area (Å²) < 4.78 is 7.69. The zero-order valence-electron chi connectivity index (χ0n) is 20.2. The van der Waals surface area contributed by atoms with Gasteiger partial charge in [-0.1, -0.05) is 88.4 Å². The van der Waals surface area contributed by atoms with Gasteiger partial charge in [0.1, 0.15) is 17.1 Å². The normalized spacial score (nSPS) is 18.7. The van der Waals surface area contributed by atoms with Crippen molar-refractivity contribution in [1.29, 1.82) is 0 Å². The Bertz CT molecular complexity index is 1330. The van der Waals surface area contributed by atoms with Gasteiger partial charge in [-0.15, -0.1) is 16.9 Å². The van der Waals surface area contributed by atoms with Crippen molar-refractivity contribution < 1.29 is 19.1 Å². The zero-order valence-corrected chi connectivity index (χ0v) is 23.4. The molecule has 0 spiro atoms. The van der Waals surface area contributed by atoms with E-state index in [1.165, 1.54) is 28.4 Å². The van der Waals surface area contributed by atoms with Crippen LogP contribution in [0.5, 0.6) is 0 Å². The number of aryl methyl sites for hydroxylation is 1. The summed E-state index contributed by atoms with van der Waals surface area (Å²) >= 11 is 5.99. The fourth-order valence-corrected chi connectivity index (χ4v) is 6.73. The number of β-lactam (4-membered cyclic amide) rings is 1. The second-order valence-corrected chi connectivity index (χ2v) is 11.1. The van der Waals surface area contributed by atoms with Gasteiger partial charge in [-0.3, -0.25) is 14.5 Å². The van der Waals surface area contributed by atoms with E-state index in [0.717, 1.165) is 16.7 Å². The maximum Gasteiger partial charge on any atom is 0.356 e. The van der Waals surface area contributed by atoms with E-state index in [2.05, 4.69) is 36.8 Å². The highest BCUT2D eigenvalue weighted by atomic mass is 79.9. The van der Waals surface area contributed by atoms with E-state index in [9.17, 15) is 14.4 Å². The first kappa shape index (κ1) is 26.4. The largest absolute Gasteiger partial charge is 0.448 e. The van der Waals surface area contributed by atoms with Gasteiger partial charge in [0.05, 0.1) is 5.33 Å². The third-order valence-electron chi connectivity index (χ3n) is 6.06. The van der Waals surface area contributed by atoms with Crippen molar-refractivity contribution in [1.82, 2.24) is 30.4 Å². The highest BCUT2D eigenvalue weighted by molar-refractivity contribution is 9.09. The first-order valence-electron chi connectivity index (χ1n) is 11.7. The third kappa shape index (κ3) is 5.36. The molecular formula is C25H23BrN6O4S2. The average Bonchev–Trinajstić information content (AvgIpc) is 3.37. The molecule has 3 aromatic rings. The first-order valence-corrected chi connectivity index (χ1v) is 14.8. The number of esters is 1. The minimum atomic E-state index is -0.705. The molecule has 196 valence electrons. The van der Waals surface area contributed by atoms with Crippen LogP contribution in [0.15, 0.2) is 77.1 Å². The number of rotatable bonds is 9. The standard InChI is InChI=1S/C25H23BrN6O4S2/c1-31-25(28-29-30-31)38-14-17-13-37-23-19(27-18(33)12-26)22(34)32(23)20(17)24(35)36-21(15-8-4-2-5-9-15)16-10-6-3-7-11-16/h2-11,19,21,23H,12-14H2,1H3,(H,27,33)/t19-,23-/m1/s1. The second kappa shape index (κ2) is 11.7. The fraction of sp³-hybridized carbons (Fsp3) is 0.280. The van der Waals surface area contributed by atoms with Crippen molar-refractivity contribution in [3.05, 3.63) is 83.1 Å². The van der Waals surface area contributed by atoms with Crippen molar-refractivity contribution >= 4 is 57.2 Å². The number of nitrogens with one attached hydrogen (secondary N) is 1. The zero-order chi connectivity index (χ0) is 26.6.